The number of nitrogens with one attached hydrogen (secondary N) is 2. The molecule has 0 aromatic heterocycles. The Morgan fingerprint density at radius 2 is 1.95 bits per heavy atom. The maximum atomic E-state index is 5.59. The van der Waals surface area contributed by atoms with Crippen LogP contribution in [0.15, 0.2) is 18.2 Å². The van der Waals surface area contributed by atoms with Crippen LogP contribution in [0.3, 0.4) is 0 Å². The monoisotopic (exact) mass is 312 g/mol. The lowest BCUT2D eigenvalue weighted by Gasteiger charge is -2.18. The topological polar surface area (TPSA) is 51.8 Å². The van der Waals surface area contributed by atoms with Gasteiger partial charge in [0.2, 0.25) is 0 Å². The van der Waals surface area contributed by atoms with E-state index in [2.05, 4.69) is 10.6 Å². The van der Waals surface area contributed by atoms with Gasteiger partial charge < -0.3 is 24.8 Å². The van der Waals surface area contributed by atoms with Gasteiger partial charge in [-0.3, -0.25) is 0 Å². The molecule has 5 nitrogen and oxygen atoms in total. The van der Waals surface area contributed by atoms with Gasteiger partial charge in [-0.1, -0.05) is 0 Å². The number of methoxy groups -OCH3 is 1. The van der Waals surface area contributed by atoms with Gasteiger partial charge in [-0.05, 0) is 45.1 Å². The third kappa shape index (κ3) is 6.18. The molecule has 0 aliphatic carbocycles. The minimum Gasteiger partial charge on any atom is -0.494 e. The second-order valence-corrected chi connectivity index (χ2v) is 4.89. The molecule has 0 radical (unpaired) electrons. The molecule has 0 bridgehead atoms. The molecule has 0 spiro atoms. The van der Waals surface area contributed by atoms with Crippen LogP contribution in [0, 0.1) is 0 Å². The molecule has 1 atom stereocenters. The molecule has 6 heteroatoms. The second kappa shape index (κ2) is 9.41. The Hall–Kier alpha value is -1.53. The zero-order valence-electron chi connectivity index (χ0n) is 13.1. The number of rotatable bonds is 8. The molecule has 0 saturated carbocycles. The predicted molar refractivity (Wildman–Crippen MR) is 89.5 cm³/mol. The molecule has 1 aromatic rings. The molecule has 0 fully saturated rings. The zero-order chi connectivity index (χ0) is 15.7. The highest BCUT2D eigenvalue weighted by Gasteiger charge is 2.09. The SMILES string of the molecule is CCOc1ccc(OCC)c(NC(=S)NC(C)COC)c1. The van der Waals surface area contributed by atoms with Crippen molar-refractivity contribution in [2.75, 3.05) is 32.2 Å². The third-order valence-electron chi connectivity index (χ3n) is 2.60. The van der Waals surface area contributed by atoms with Gasteiger partial charge in [0.25, 0.3) is 0 Å². The minimum absolute atomic E-state index is 0.126. The lowest BCUT2D eigenvalue weighted by atomic mass is 10.2. The van der Waals surface area contributed by atoms with Gasteiger partial charge in [-0.25, -0.2) is 0 Å². The highest BCUT2D eigenvalue weighted by Crippen LogP contribution is 2.29. The first-order chi connectivity index (χ1) is 10.1. The van der Waals surface area contributed by atoms with E-state index in [1.807, 2.05) is 39.0 Å². The van der Waals surface area contributed by atoms with Gasteiger partial charge in [0.05, 0.1) is 25.5 Å². The van der Waals surface area contributed by atoms with E-state index in [1.165, 1.54) is 0 Å². The normalized spacial score (nSPS) is 11.6. The van der Waals surface area contributed by atoms with E-state index >= 15 is 0 Å². The van der Waals surface area contributed by atoms with Crippen LogP contribution in [0.5, 0.6) is 11.5 Å². The van der Waals surface area contributed by atoms with Gasteiger partial charge in [0.15, 0.2) is 5.11 Å². The zero-order valence-corrected chi connectivity index (χ0v) is 13.9. The van der Waals surface area contributed by atoms with Crippen molar-refractivity contribution in [3.63, 3.8) is 0 Å². The molecule has 2 N–H and O–H groups in total. The molecule has 0 aliphatic heterocycles. The highest BCUT2D eigenvalue weighted by molar-refractivity contribution is 7.80. The maximum absolute atomic E-state index is 5.59. The molecule has 1 aromatic carbocycles. The summed E-state index contributed by atoms with van der Waals surface area (Å²) in [4.78, 5) is 0. The van der Waals surface area contributed by atoms with Crippen molar-refractivity contribution >= 4 is 23.0 Å². The fourth-order valence-electron chi connectivity index (χ4n) is 1.82. The van der Waals surface area contributed by atoms with Crippen LogP contribution in [0.4, 0.5) is 5.69 Å². The van der Waals surface area contributed by atoms with Gasteiger partial charge in [-0.15, -0.1) is 0 Å². The van der Waals surface area contributed by atoms with Crippen molar-refractivity contribution in [2.45, 2.75) is 26.8 Å². The molecule has 1 rings (SSSR count). The van der Waals surface area contributed by atoms with E-state index in [-0.39, 0.29) is 6.04 Å². The van der Waals surface area contributed by atoms with Crippen LogP contribution in [-0.2, 0) is 4.74 Å². The van der Waals surface area contributed by atoms with E-state index < -0.39 is 0 Å². The Morgan fingerprint density at radius 1 is 1.24 bits per heavy atom. The van der Waals surface area contributed by atoms with E-state index in [0.717, 1.165) is 17.2 Å². The average Bonchev–Trinajstić information content (AvgIpc) is 2.42. The quantitative estimate of drug-likeness (QED) is 0.720. The number of benzene rings is 1. The first-order valence-corrected chi connectivity index (χ1v) is 7.47. The number of ether oxygens (including phenoxy) is 3. The Balaban J connectivity index is 2.77. The Kier molecular flexibility index (Phi) is 7.85. The summed E-state index contributed by atoms with van der Waals surface area (Å²) in [5.41, 5.74) is 0.782. The van der Waals surface area contributed by atoms with Gasteiger partial charge >= 0.3 is 0 Å². The van der Waals surface area contributed by atoms with Crippen molar-refractivity contribution in [3.8, 4) is 11.5 Å². The second-order valence-electron chi connectivity index (χ2n) is 4.48. The van der Waals surface area contributed by atoms with E-state index in [0.29, 0.717) is 24.9 Å². The molecule has 0 saturated heterocycles. The van der Waals surface area contributed by atoms with Crippen molar-refractivity contribution in [2.24, 2.45) is 0 Å². The predicted octanol–water partition coefficient (Wildman–Crippen LogP) is 2.81. The molecule has 0 heterocycles. The summed E-state index contributed by atoms with van der Waals surface area (Å²) in [7, 11) is 1.66. The van der Waals surface area contributed by atoms with E-state index in [1.54, 1.807) is 7.11 Å². The Labute approximate surface area is 132 Å². The summed E-state index contributed by atoms with van der Waals surface area (Å²) in [5, 5.41) is 6.81. The largest absolute Gasteiger partial charge is 0.494 e. The summed E-state index contributed by atoms with van der Waals surface area (Å²) < 4.78 is 16.2. The molecule has 0 aliphatic rings. The molecule has 118 valence electrons. The van der Waals surface area contributed by atoms with Gasteiger partial charge in [0.1, 0.15) is 11.5 Å². The summed E-state index contributed by atoms with van der Waals surface area (Å²) in [6.07, 6.45) is 0. The van der Waals surface area contributed by atoms with E-state index in [9.17, 15) is 0 Å². The Morgan fingerprint density at radius 3 is 2.57 bits per heavy atom. The summed E-state index contributed by atoms with van der Waals surface area (Å²) in [6.45, 7) is 7.67. The first kappa shape index (κ1) is 17.5. The summed E-state index contributed by atoms with van der Waals surface area (Å²) in [5.74, 6) is 1.51. The third-order valence-corrected chi connectivity index (χ3v) is 2.82. The van der Waals surface area contributed by atoms with Gasteiger partial charge in [0, 0.05) is 19.2 Å². The van der Waals surface area contributed by atoms with Crippen molar-refractivity contribution in [1.82, 2.24) is 5.32 Å². The summed E-state index contributed by atoms with van der Waals surface area (Å²) >= 11 is 5.30. The highest BCUT2D eigenvalue weighted by atomic mass is 32.1. The number of hydrogen-bond acceptors (Lipinski definition) is 4. The van der Waals surface area contributed by atoms with Gasteiger partial charge in [-0.2, -0.15) is 0 Å². The minimum atomic E-state index is 0.126. The van der Waals surface area contributed by atoms with Crippen LogP contribution < -0.4 is 20.1 Å². The molecular formula is C15H24N2O3S. The lowest BCUT2D eigenvalue weighted by Crippen LogP contribution is -2.38. The molecule has 1 unspecified atom stereocenters. The molecular weight excluding hydrogens is 288 g/mol. The van der Waals surface area contributed by atoms with Crippen molar-refractivity contribution in [1.29, 1.82) is 0 Å². The number of anilines is 1. The fraction of sp³-hybridized carbons (Fsp3) is 0.533. The van der Waals surface area contributed by atoms with Crippen LogP contribution in [0.1, 0.15) is 20.8 Å². The van der Waals surface area contributed by atoms with Crippen LogP contribution in [0.25, 0.3) is 0 Å². The Bertz CT molecular complexity index is 455. The number of thiocarbonyl (C=S) groups is 1. The van der Waals surface area contributed by atoms with E-state index in [4.69, 9.17) is 26.4 Å². The van der Waals surface area contributed by atoms with Crippen LogP contribution in [0.2, 0.25) is 0 Å². The molecule has 0 amide bonds. The first-order valence-electron chi connectivity index (χ1n) is 7.06. The van der Waals surface area contributed by atoms with Crippen molar-refractivity contribution in [3.05, 3.63) is 18.2 Å². The number of hydrogen-bond donors (Lipinski definition) is 2. The maximum Gasteiger partial charge on any atom is 0.171 e. The summed E-state index contributed by atoms with van der Waals surface area (Å²) in [6, 6.07) is 5.76. The smallest absolute Gasteiger partial charge is 0.171 e. The average molecular weight is 312 g/mol. The van der Waals surface area contributed by atoms with Crippen molar-refractivity contribution < 1.29 is 14.2 Å². The molecule has 21 heavy (non-hydrogen) atoms. The van der Waals surface area contributed by atoms with Crippen LogP contribution >= 0.6 is 12.2 Å². The fourth-order valence-corrected chi connectivity index (χ4v) is 2.13. The lowest BCUT2D eigenvalue weighted by molar-refractivity contribution is 0.179. The van der Waals surface area contributed by atoms with Crippen LogP contribution in [-0.4, -0.2) is 38.1 Å². The standard InChI is InChI=1S/C15H24N2O3S/c1-5-19-12-7-8-14(20-6-2)13(9-12)17-15(21)16-11(3)10-18-4/h7-9,11H,5-6,10H2,1-4H3,(H2,16,17,21).